The number of nitrogens with one attached hydrogen (secondary N) is 1. The molecule has 2 rings (SSSR count). The Kier molecular flexibility index (Phi) is 5.25. The van der Waals surface area contributed by atoms with Crippen molar-refractivity contribution in [1.82, 2.24) is 10.2 Å². The number of piperazine rings is 1. The summed E-state index contributed by atoms with van der Waals surface area (Å²) in [5.74, 6) is 0.314. The summed E-state index contributed by atoms with van der Waals surface area (Å²) in [6, 6.07) is -0.722. The van der Waals surface area contributed by atoms with Crippen LogP contribution in [0, 0.1) is 11.8 Å². The molecule has 2 heterocycles. The number of hydrogen-bond donors (Lipinski definition) is 1. The molecule has 120 valence electrons. The van der Waals surface area contributed by atoms with Gasteiger partial charge in [-0.25, -0.2) is 0 Å². The average Bonchev–Trinajstić information content (AvgIpc) is 2.48. The number of nitrogens with zero attached hydrogens (tertiary/aromatic N) is 1. The second-order valence-electron chi connectivity index (χ2n) is 6.68. The molecule has 2 saturated heterocycles. The van der Waals surface area contributed by atoms with Crippen LogP contribution in [0.2, 0.25) is 0 Å². The van der Waals surface area contributed by atoms with Crippen LogP contribution in [-0.2, 0) is 14.3 Å². The Morgan fingerprint density at radius 2 is 2.05 bits per heavy atom. The molecule has 0 radical (unpaired) electrons. The molecule has 0 aromatic rings. The summed E-state index contributed by atoms with van der Waals surface area (Å²) in [7, 11) is 0. The van der Waals surface area contributed by atoms with E-state index in [-0.39, 0.29) is 41.8 Å². The van der Waals surface area contributed by atoms with Crippen molar-refractivity contribution in [3.05, 3.63) is 0 Å². The van der Waals surface area contributed by atoms with Crippen molar-refractivity contribution in [2.75, 3.05) is 13.2 Å². The summed E-state index contributed by atoms with van der Waals surface area (Å²) in [4.78, 5) is 27.3. The molecule has 0 aliphatic carbocycles. The molecule has 2 aliphatic heterocycles. The Labute approximate surface area is 127 Å². The Morgan fingerprint density at radius 3 is 2.57 bits per heavy atom. The van der Waals surface area contributed by atoms with Gasteiger partial charge in [-0.2, -0.15) is 0 Å². The molecule has 0 spiro atoms. The van der Waals surface area contributed by atoms with Gasteiger partial charge in [0.1, 0.15) is 12.1 Å². The molecule has 0 bridgehead atoms. The highest BCUT2D eigenvalue weighted by Gasteiger charge is 2.46. The average molecular weight is 296 g/mol. The molecule has 0 aromatic heterocycles. The fraction of sp³-hybridized carbons (Fsp3) is 0.875. The Morgan fingerprint density at radius 1 is 1.33 bits per heavy atom. The number of hydrogen-bond acceptors (Lipinski definition) is 3. The van der Waals surface area contributed by atoms with Crippen LogP contribution in [0.3, 0.4) is 0 Å². The van der Waals surface area contributed by atoms with E-state index in [0.29, 0.717) is 6.61 Å². The standard InChI is InChI=1S/C16H28N2O3/c1-5-11(4)13-16(20)18(12-7-6-8-21-9-12)14(10(2)3)15(19)17-13/h10-14H,5-9H2,1-4H3,(H,17,19). The highest BCUT2D eigenvalue weighted by Crippen LogP contribution is 2.27. The van der Waals surface area contributed by atoms with Gasteiger partial charge in [-0.05, 0) is 24.7 Å². The molecule has 4 unspecified atom stereocenters. The largest absolute Gasteiger partial charge is 0.379 e. The summed E-state index contributed by atoms with van der Waals surface area (Å²) >= 11 is 0. The Hall–Kier alpha value is -1.10. The molecule has 0 aromatic carbocycles. The fourth-order valence-corrected chi connectivity index (χ4v) is 3.32. The van der Waals surface area contributed by atoms with Gasteiger partial charge in [0.2, 0.25) is 11.8 Å². The summed E-state index contributed by atoms with van der Waals surface area (Å²) in [6.07, 6.45) is 2.75. The van der Waals surface area contributed by atoms with E-state index in [1.54, 1.807) is 0 Å². The number of amides is 2. The summed E-state index contributed by atoms with van der Waals surface area (Å²) < 4.78 is 5.54. The number of carbonyl (C=O) groups is 2. The first kappa shape index (κ1) is 16.3. The van der Waals surface area contributed by atoms with Gasteiger partial charge >= 0.3 is 0 Å². The zero-order chi connectivity index (χ0) is 15.6. The maximum atomic E-state index is 12.9. The van der Waals surface area contributed by atoms with Gasteiger partial charge in [-0.1, -0.05) is 34.1 Å². The van der Waals surface area contributed by atoms with Crippen molar-refractivity contribution in [3.63, 3.8) is 0 Å². The Bertz CT molecular complexity index is 391. The van der Waals surface area contributed by atoms with Crippen molar-refractivity contribution in [1.29, 1.82) is 0 Å². The van der Waals surface area contributed by atoms with Crippen molar-refractivity contribution in [2.24, 2.45) is 11.8 Å². The third kappa shape index (κ3) is 3.23. The van der Waals surface area contributed by atoms with Gasteiger partial charge < -0.3 is 15.0 Å². The smallest absolute Gasteiger partial charge is 0.246 e. The van der Waals surface area contributed by atoms with Gasteiger partial charge in [0.25, 0.3) is 0 Å². The van der Waals surface area contributed by atoms with E-state index in [4.69, 9.17) is 4.74 Å². The maximum Gasteiger partial charge on any atom is 0.246 e. The van der Waals surface area contributed by atoms with Crippen LogP contribution < -0.4 is 5.32 Å². The van der Waals surface area contributed by atoms with E-state index < -0.39 is 0 Å². The van der Waals surface area contributed by atoms with Crippen LogP contribution in [0.4, 0.5) is 0 Å². The monoisotopic (exact) mass is 296 g/mol. The first-order valence-corrected chi connectivity index (χ1v) is 8.17. The third-order valence-corrected chi connectivity index (χ3v) is 4.76. The van der Waals surface area contributed by atoms with Crippen LogP contribution in [0.1, 0.15) is 47.0 Å². The van der Waals surface area contributed by atoms with Crippen molar-refractivity contribution < 1.29 is 14.3 Å². The van der Waals surface area contributed by atoms with Crippen molar-refractivity contribution in [2.45, 2.75) is 65.1 Å². The van der Waals surface area contributed by atoms with Gasteiger partial charge in [0, 0.05) is 6.61 Å². The molecule has 5 nitrogen and oxygen atoms in total. The minimum Gasteiger partial charge on any atom is -0.379 e. The predicted molar refractivity (Wildman–Crippen MR) is 80.7 cm³/mol. The number of rotatable bonds is 4. The molecule has 21 heavy (non-hydrogen) atoms. The number of ether oxygens (including phenoxy) is 1. The van der Waals surface area contributed by atoms with Crippen LogP contribution in [0.5, 0.6) is 0 Å². The lowest BCUT2D eigenvalue weighted by Gasteiger charge is -2.47. The van der Waals surface area contributed by atoms with Crippen molar-refractivity contribution in [3.8, 4) is 0 Å². The highest BCUT2D eigenvalue weighted by molar-refractivity contribution is 5.97. The zero-order valence-corrected chi connectivity index (χ0v) is 13.6. The van der Waals surface area contributed by atoms with E-state index in [0.717, 1.165) is 25.9 Å². The molecular weight excluding hydrogens is 268 g/mol. The molecular formula is C16H28N2O3. The zero-order valence-electron chi connectivity index (χ0n) is 13.6. The van der Waals surface area contributed by atoms with E-state index in [2.05, 4.69) is 5.32 Å². The third-order valence-electron chi connectivity index (χ3n) is 4.76. The molecule has 4 atom stereocenters. The fourth-order valence-electron chi connectivity index (χ4n) is 3.32. The van der Waals surface area contributed by atoms with Crippen LogP contribution in [0.25, 0.3) is 0 Å². The van der Waals surface area contributed by atoms with Crippen LogP contribution in [-0.4, -0.2) is 48.1 Å². The van der Waals surface area contributed by atoms with Gasteiger partial charge in [-0.3, -0.25) is 9.59 Å². The second-order valence-corrected chi connectivity index (χ2v) is 6.68. The van der Waals surface area contributed by atoms with Gasteiger partial charge in [0.15, 0.2) is 0 Å². The summed E-state index contributed by atoms with van der Waals surface area (Å²) in [6.45, 7) is 9.37. The van der Waals surface area contributed by atoms with Gasteiger partial charge in [-0.15, -0.1) is 0 Å². The van der Waals surface area contributed by atoms with E-state index in [1.165, 1.54) is 0 Å². The lowest BCUT2D eigenvalue weighted by atomic mass is 9.89. The first-order valence-electron chi connectivity index (χ1n) is 8.17. The first-order chi connectivity index (χ1) is 9.97. The maximum absolute atomic E-state index is 12.9. The van der Waals surface area contributed by atoms with E-state index in [9.17, 15) is 9.59 Å². The van der Waals surface area contributed by atoms with E-state index in [1.807, 2.05) is 32.6 Å². The lowest BCUT2D eigenvalue weighted by molar-refractivity contribution is -0.159. The molecule has 2 amide bonds. The van der Waals surface area contributed by atoms with E-state index >= 15 is 0 Å². The molecule has 2 aliphatic rings. The molecule has 2 fully saturated rings. The predicted octanol–water partition coefficient (Wildman–Crippen LogP) is 1.56. The van der Waals surface area contributed by atoms with Gasteiger partial charge in [0.05, 0.1) is 12.6 Å². The minimum atomic E-state index is -0.389. The molecule has 0 saturated carbocycles. The van der Waals surface area contributed by atoms with Crippen LogP contribution >= 0.6 is 0 Å². The minimum absolute atomic E-state index is 0.0135. The molecule has 5 heteroatoms. The Balaban J connectivity index is 2.27. The summed E-state index contributed by atoms with van der Waals surface area (Å²) in [5, 5.41) is 2.95. The normalized spacial score (nSPS) is 32.2. The second kappa shape index (κ2) is 6.77. The lowest BCUT2D eigenvalue weighted by Crippen LogP contribution is -2.69. The van der Waals surface area contributed by atoms with Crippen LogP contribution in [0.15, 0.2) is 0 Å². The SMILES string of the molecule is CCC(C)C1NC(=O)C(C(C)C)N(C2CCCOC2)C1=O. The quantitative estimate of drug-likeness (QED) is 0.856. The topological polar surface area (TPSA) is 58.6 Å². The number of carbonyl (C=O) groups excluding carboxylic acids is 2. The van der Waals surface area contributed by atoms with Crippen molar-refractivity contribution >= 4 is 11.8 Å². The summed E-state index contributed by atoms with van der Waals surface area (Å²) in [5.41, 5.74) is 0. The molecule has 1 N–H and O–H groups in total. The highest BCUT2D eigenvalue weighted by atomic mass is 16.5.